The maximum absolute atomic E-state index is 14.0. The highest BCUT2D eigenvalue weighted by molar-refractivity contribution is 6.07. The van der Waals surface area contributed by atoms with Gasteiger partial charge in [-0.1, -0.05) is 141 Å². The van der Waals surface area contributed by atoms with Crippen LogP contribution in [-0.4, -0.2) is 5.78 Å². The fourth-order valence-electron chi connectivity index (χ4n) is 5.47. The van der Waals surface area contributed by atoms with Gasteiger partial charge in [-0.2, -0.15) is 0 Å². The third kappa shape index (κ3) is 5.16. The van der Waals surface area contributed by atoms with Crippen molar-refractivity contribution >= 4 is 16.9 Å². The van der Waals surface area contributed by atoms with E-state index in [4.69, 9.17) is 0 Å². The largest absolute Gasteiger partial charge is 0.294 e. The Balaban J connectivity index is 1.81. The molecule has 1 fully saturated rings. The molecule has 0 amide bonds. The van der Waals surface area contributed by atoms with Gasteiger partial charge in [-0.25, -0.2) is 0 Å². The lowest BCUT2D eigenvalue weighted by Gasteiger charge is -2.24. The summed E-state index contributed by atoms with van der Waals surface area (Å²) in [5, 5.41) is 0. The van der Waals surface area contributed by atoms with Crippen LogP contribution in [0.25, 0.3) is 11.1 Å². The highest BCUT2D eigenvalue weighted by Gasteiger charge is 2.33. The summed E-state index contributed by atoms with van der Waals surface area (Å²) in [6, 6.07) is 42.0. The Kier molecular flexibility index (Phi) is 6.82. The van der Waals surface area contributed by atoms with Gasteiger partial charge in [0.15, 0.2) is 5.78 Å². The summed E-state index contributed by atoms with van der Waals surface area (Å²) >= 11 is 0. The van der Waals surface area contributed by atoms with Gasteiger partial charge in [0.05, 0.1) is 0 Å². The van der Waals surface area contributed by atoms with E-state index in [9.17, 15) is 4.79 Å². The molecule has 1 saturated carbocycles. The number of Topliss-reactive ketones (excluding diaryl/α,β-unsaturated/α-hetero) is 1. The van der Waals surface area contributed by atoms with Gasteiger partial charge in [0.2, 0.25) is 0 Å². The van der Waals surface area contributed by atoms with E-state index < -0.39 is 0 Å². The molecule has 36 heavy (non-hydrogen) atoms. The average molecular weight is 469 g/mol. The zero-order valence-corrected chi connectivity index (χ0v) is 21.1. The first-order chi connectivity index (χ1) is 17.5. The van der Waals surface area contributed by atoms with E-state index in [1.54, 1.807) is 0 Å². The van der Waals surface area contributed by atoms with Crippen molar-refractivity contribution in [2.24, 2.45) is 5.41 Å². The molecular formula is C35H32O. The van der Waals surface area contributed by atoms with Crippen LogP contribution in [0.4, 0.5) is 0 Å². The predicted molar refractivity (Wildman–Crippen MR) is 150 cm³/mol. The molecule has 0 N–H and O–H groups in total. The average Bonchev–Trinajstić information content (AvgIpc) is 3.01. The molecule has 0 heterocycles. The molecule has 0 saturated heterocycles. The summed E-state index contributed by atoms with van der Waals surface area (Å²) in [4.78, 5) is 14.0. The number of rotatable bonds is 4. The van der Waals surface area contributed by atoms with Crippen molar-refractivity contribution in [2.75, 3.05) is 0 Å². The standard InChI is InChI=1S/C35H32O/c1-35(2)24-30(33(26-15-7-3-8-16-26)27-17-9-4-10-18-27)23-31(32(36)25-35)34(28-19-11-5-12-20-28)29-21-13-6-14-22-29/h3-22H,23-25H2,1-2H3. The first-order valence-electron chi connectivity index (χ1n) is 12.7. The minimum Gasteiger partial charge on any atom is -0.294 e. The second kappa shape index (κ2) is 10.3. The quantitative estimate of drug-likeness (QED) is 0.216. The van der Waals surface area contributed by atoms with Gasteiger partial charge in [0, 0.05) is 12.0 Å². The summed E-state index contributed by atoms with van der Waals surface area (Å²) in [5.41, 5.74) is 8.97. The zero-order valence-electron chi connectivity index (χ0n) is 21.1. The Morgan fingerprint density at radius 2 is 0.889 bits per heavy atom. The smallest absolute Gasteiger partial charge is 0.160 e. The number of carbonyl (C=O) groups excluding carboxylic acids is 1. The van der Waals surface area contributed by atoms with Crippen molar-refractivity contribution in [3.8, 4) is 0 Å². The molecule has 1 heteroatoms. The molecule has 0 unspecified atom stereocenters. The zero-order chi connectivity index (χ0) is 25.0. The van der Waals surface area contributed by atoms with Crippen molar-refractivity contribution in [1.82, 2.24) is 0 Å². The van der Waals surface area contributed by atoms with Crippen LogP contribution in [0.2, 0.25) is 0 Å². The molecule has 178 valence electrons. The molecule has 0 radical (unpaired) electrons. The Labute approximate surface area is 214 Å². The molecular weight excluding hydrogens is 436 g/mol. The van der Waals surface area contributed by atoms with Gasteiger partial charge < -0.3 is 0 Å². The molecule has 0 aliphatic heterocycles. The van der Waals surface area contributed by atoms with Crippen LogP contribution in [0.1, 0.15) is 55.4 Å². The summed E-state index contributed by atoms with van der Waals surface area (Å²) < 4.78 is 0. The number of allylic oxidation sites excluding steroid dienone is 2. The van der Waals surface area contributed by atoms with E-state index >= 15 is 0 Å². The summed E-state index contributed by atoms with van der Waals surface area (Å²) in [6.07, 6.45) is 2.05. The lowest BCUT2D eigenvalue weighted by molar-refractivity contribution is -0.117. The van der Waals surface area contributed by atoms with Crippen molar-refractivity contribution in [1.29, 1.82) is 0 Å². The van der Waals surface area contributed by atoms with Gasteiger partial charge >= 0.3 is 0 Å². The summed E-state index contributed by atoms with van der Waals surface area (Å²) in [6.45, 7) is 4.46. The van der Waals surface area contributed by atoms with Crippen molar-refractivity contribution < 1.29 is 4.79 Å². The van der Waals surface area contributed by atoms with E-state index in [1.165, 1.54) is 22.3 Å². The van der Waals surface area contributed by atoms with E-state index in [1.807, 2.05) is 12.1 Å². The molecule has 1 aliphatic carbocycles. The molecule has 0 spiro atoms. The molecule has 4 aromatic rings. The predicted octanol–water partition coefficient (Wildman–Crippen LogP) is 8.77. The minimum atomic E-state index is -0.137. The number of carbonyl (C=O) groups is 1. The van der Waals surface area contributed by atoms with E-state index in [-0.39, 0.29) is 11.2 Å². The van der Waals surface area contributed by atoms with Crippen molar-refractivity contribution in [3.63, 3.8) is 0 Å². The number of hydrogen-bond acceptors (Lipinski definition) is 1. The Bertz CT molecular complexity index is 1310. The molecule has 0 aromatic heterocycles. The van der Waals surface area contributed by atoms with Crippen LogP contribution < -0.4 is 0 Å². The topological polar surface area (TPSA) is 17.1 Å². The maximum Gasteiger partial charge on any atom is 0.160 e. The highest BCUT2D eigenvalue weighted by Crippen LogP contribution is 2.44. The maximum atomic E-state index is 14.0. The van der Waals surface area contributed by atoms with Crippen molar-refractivity contribution in [3.05, 3.63) is 155 Å². The first kappa shape index (κ1) is 23.8. The van der Waals surface area contributed by atoms with Gasteiger partial charge in [-0.3, -0.25) is 4.79 Å². The van der Waals surface area contributed by atoms with Crippen LogP contribution in [0.3, 0.4) is 0 Å². The Morgan fingerprint density at radius 3 is 1.28 bits per heavy atom. The number of benzene rings is 4. The van der Waals surface area contributed by atoms with Gasteiger partial charge in [0.25, 0.3) is 0 Å². The number of ketones is 1. The lowest BCUT2D eigenvalue weighted by Crippen LogP contribution is -2.16. The van der Waals surface area contributed by atoms with Gasteiger partial charge in [-0.15, -0.1) is 0 Å². The fourth-order valence-corrected chi connectivity index (χ4v) is 5.47. The number of hydrogen-bond donors (Lipinski definition) is 0. The minimum absolute atomic E-state index is 0.137. The lowest BCUT2D eigenvalue weighted by atomic mass is 9.80. The molecule has 1 aliphatic rings. The van der Waals surface area contributed by atoms with E-state index in [0.717, 1.165) is 28.7 Å². The monoisotopic (exact) mass is 468 g/mol. The second-order valence-electron chi connectivity index (χ2n) is 10.4. The molecule has 0 bridgehead atoms. The first-order valence-corrected chi connectivity index (χ1v) is 12.7. The molecule has 1 nitrogen and oxygen atoms in total. The normalized spacial score (nSPS) is 15.3. The van der Waals surface area contributed by atoms with Gasteiger partial charge in [-0.05, 0) is 51.7 Å². The van der Waals surface area contributed by atoms with Crippen LogP contribution in [0.15, 0.2) is 132 Å². The van der Waals surface area contributed by atoms with Crippen molar-refractivity contribution in [2.45, 2.75) is 33.1 Å². The highest BCUT2D eigenvalue weighted by atomic mass is 16.1. The van der Waals surface area contributed by atoms with E-state index in [0.29, 0.717) is 12.8 Å². The molecule has 5 rings (SSSR count). The third-order valence-corrected chi connectivity index (χ3v) is 6.96. The van der Waals surface area contributed by atoms with E-state index in [2.05, 4.69) is 123 Å². The SMILES string of the molecule is CC1(C)CC(=O)C(=C(c2ccccc2)c2ccccc2)CC(=C(c2ccccc2)c2ccccc2)C1. The third-order valence-electron chi connectivity index (χ3n) is 6.96. The Hall–Kier alpha value is -3.97. The second-order valence-corrected chi connectivity index (χ2v) is 10.4. The van der Waals surface area contributed by atoms with Crippen LogP contribution in [-0.2, 0) is 4.79 Å². The fraction of sp³-hybridized carbons (Fsp3) is 0.171. The van der Waals surface area contributed by atoms with Crippen LogP contribution in [0, 0.1) is 5.41 Å². The summed E-state index contributed by atoms with van der Waals surface area (Å²) in [7, 11) is 0. The van der Waals surface area contributed by atoms with Crippen LogP contribution >= 0.6 is 0 Å². The Morgan fingerprint density at radius 1 is 0.528 bits per heavy atom. The molecule has 4 aromatic carbocycles. The van der Waals surface area contributed by atoms with Crippen LogP contribution in [0.5, 0.6) is 0 Å². The summed E-state index contributed by atoms with van der Waals surface area (Å²) in [5.74, 6) is 0.248. The van der Waals surface area contributed by atoms with Gasteiger partial charge in [0.1, 0.15) is 0 Å². The molecule has 0 atom stereocenters.